The van der Waals surface area contributed by atoms with Crippen LogP contribution in [0.3, 0.4) is 0 Å². The van der Waals surface area contributed by atoms with Crippen molar-refractivity contribution in [3.05, 3.63) is 76.0 Å². The van der Waals surface area contributed by atoms with Crippen molar-refractivity contribution in [3.63, 3.8) is 0 Å². The van der Waals surface area contributed by atoms with E-state index in [0.29, 0.717) is 5.69 Å². The summed E-state index contributed by atoms with van der Waals surface area (Å²) < 4.78 is 105. The molecule has 0 amide bonds. The molecule has 4 rings (SSSR count). The number of alkyl halides is 5. The van der Waals surface area contributed by atoms with Gasteiger partial charge in [-0.25, -0.2) is 8.42 Å². The highest BCUT2D eigenvalue weighted by atomic mass is 32.2. The molecule has 1 aromatic heterocycles. The lowest BCUT2D eigenvalue weighted by Gasteiger charge is -2.19. The molecule has 2 aromatic carbocycles. The molecule has 2 heterocycles. The summed E-state index contributed by atoms with van der Waals surface area (Å²) in [6, 6.07) is 11.2. The number of benzene rings is 2. The average molecular weight is 538 g/mol. The van der Waals surface area contributed by atoms with Crippen molar-refractivity contribution in [2.75, 3.05) is 0 Å². The summed E-state index contributed by atoms with van der Waals surface area (Å²) in [6.45, 7) is 4.99. The molecule has 0 N–H and O–H groups in total. The van der Waals surface area contributed by atoms with Crippen LogP contribution in [-0.4, -0.2) is 19.3 Å². The molecule has 0 bridgehead atoms. The summed E-state index contributed by atoms with van der Waals surface area (Å²) in [5.74, 6) is -1.55. The molecule has 1 aliphatic rings. The molecule has 0 atom stereocenters. The van der Waals surface area contributed by atoms with Crippen LogP contribution in [0.25, 0.3) is 11.8 Å². The first-order chi connectivity index (χ1) is 17.2. The van der Waals surface area contributed by atoms with Crippen LogP contribution in [0.1, 0.15) is 42.3 Å². The van der Waals surface area contributed by atoms with Crippen molar-refractivity contribution in [1.82, 2.24) is 4.57 Å². The van der Waals surface area contributed by atoms with Gasteiger partial charge in [-0.15, -0.1) is 8.78 Å². The molecule has 0 aliphatic carbocycles. The molecule has 194 valence electrons. The number of hydrogen-bond acceptors (Lipinski definition) is 5. The predicted molar refractivity (Wildman–Crippen MR) is 123 cm³/mol. The molecule has 6 nitrogen and oxygen atoms in total. The fourth-order valence-electron chi connectivity index (χ4n) is 4.04. The Morgan fingerprint density at radius 2 is 1.78 bits per heavy atom. The molecule has 0 saturated heterocycles. The average Bonchev–Trinajstić information content (AvgIpc) is 3.30. The monoisotopic (exact) mass is 538 g/mol. The molecule has 3 aromatic rings. The van der Waals surface area contributed by atoms with Crippen molar-refractivity contribution in [1.29, 1.82) is 5.26 Å². The maximum Gasteiger partial charge on any atom is 0.586 e. The smallest absolute Gasteiger partial charge is 0.395 e. The minimum absolute atomic E-state index is 0.161. The minimum atomic E-state index is -4.69. The SMILES string of the molecule is Cc1c(/C=C(\C#N)S(=O)(=O)c2cccc3c2OC(F)(F)O3)cc(C(C)C)n1-c1ccccc1C(F)(F)F. The molecule has 12 heteroatoms. The normalized spacial score (nSPS) is 15.2. The number of fused-ring (bicyclic) bond motifs is 1. The summed E-state index contributed by atoms with van der Waals surface area (Å²) >= 11 is 0. The Kier molecular flexibility index (Phi) is 6.32. The van der Waals surface area contributed by atoms with Gasteiger partial charge >= 0.3 is 12.5 Å². The first-order valence-electron chi connectivity index (χ1n) is 10.8. The standard InChI is InChI=1S/C25H19F5N2O4S/c1-14(2)20-12-16(15(3)32(20)19-8-5-4-7-18(19)24(26,27)28)11-17(13-31)37(33,34)22-10-6-9-21-23(22)36-25(29,30)35-21/h4-12,14H,1-3H3/b17-11+. The molecule has 1 aliphatic heterocycles. The molecule has 0 unspecified atom stereocenters. The Morgan fingerprint density at radius 1 is 1.11 bits per heavy atom. The number of allylic oxidation sites excluding steroid dienone is 1. The number of aromatic nitrogens is 1. The van der Waals surface area contributed by atoms with Crippen LogP contribution in [0.5, 0.6) is 11.5 Å². The first-order valence-corrected chi connectivity index (χ1v) is 12.3. The second-order valence-corrected chi connectivity index (χ2v) is 10.4. The number of rotatable bonds is 5. The van der Waals surface area contributed by atoms with E-state index in [4.69, 9.17) is 0 Å². The summed E-state index contributed by atoms with van der Waals surface area (Å²) in [6.07, 6.45) is -7.75. The summed E-state index contributed by atoms with van der Waals surface area (Å²) in [5, 5.41) is 9.71. The quantitative estimate of drug-likeness (QED) is 0.271. The molecule has 0 spiro atoms. The van der Waals surface area contributed by atoms with Gasteiger partial charge in [-0.05, 0) is 54.8 Å². The lowest BCUT2D eigenvalue weighted by molar-refractivity contribution is -0.287. The Balaban J connectivity index is 1.90. The number of halogens is 5. The number of nitrogens with zero attached hydrogens (tertiary/aromatic N) is 2. The molecular weight excluding hydrogens is 519 g/mol. The Morgan fingerprint density at radius 3 is 2.41 bits per heavy atom. The van der Waals surface area contributed by atoms with E-state index >= 15 is 0 Å². The van der Waals surface area contributed by atoms with Gasteiger partial charge in [-0.2, -0.15) is 18.4 Å². The second kappa shape index (κ2) is 8.92. The first kappa shape index (κ1) is 26.2. The topological polar surface area (TPSA) is 81.3 Å². The van der Waals surface area contributed by atoms with Gasteiger partial charge in [0.2, 0.25) is 9.84 Å². The van der Waals surface area contributed by atoms with Crippen LogP contribution >= 0.6 is 0 Å². The van der Waals surface area contributed by atoms with E-state index in [1.54, 1.807) is 19.9 Å². The van der Waals surface area contributed by atoms with Gasteiger partial charge in [0.25, 0.3) is 0 Å². The lowest BCUT2D eigenvalue weighted by Crippen LogP contribution is -2.26. The highest BCUT2D eigenvalue weighted by Crippen LogP contribution is 2.46. The zero-order chi connectivity index (χ0) is 27.3. The van der Waals surface area contributed by atoms with Gasteiger partial charge in [0.05, 0.1) is 11.3 Å². The molecular formula is C25H19F5N2O4S. The summed E-state index contributed by atoms with van der Waals surface area (Å²) in [5.41, 5.74) is -0.209. The van der Waals surface area contributed by atoms with Gasteiger partial charge in [0, 0.05) is 11.4 Å². The van der Waals surface area contributed by atoms with E-state index < -0.39 is 49.2 Å². The van der Waals surface area contributed by atoms with Gasteiger partial charge in [0.15, 0.2) is 11.5 Å². The van der Waals surface area contributed by atoms with Crippen molar-refractivity contribution in [3.8, 4) is 23.3 Å². The predicted octanol–water partition coefficient (Wildman–Crippen LogP) is 6.59. The van der Waals surface area contributed by atoms with Crippen LogP contribution in [0.4, 0.5) is 22.0 Å². The molecule has 37 heavy (non-hydrogen) atoms. The zero-order valence-electron chi connectivity index (χ0n) is 19.6. The van der Waals surface area contributed by atoms with Crippen LogP contribution in [0.2, 0.25) is 0 Å². The highest BCUT2D eigenvalue weighted by Gasteiger charge is 2.46. The van der Waals surface area contributed by atoms with Crippen LogP contribution < -0.4 is 9.47 Å². The maximum atomic E-state index is 13.8. The van der Waals surface area contributed by atoms with Crippen molar-refractivity contribution < 1.29 is 39.8 Å². The maximum absolute atomic E-state index is 13.8. The number of ether oxygens (including phenoxy) is 2. The Bertz CT molecular complexity index is 1560. The molecule has 0 saturated carbocycles. The Labute approximate surface area is 209 Å². The van der Waals surface area contributed by atoms with Crippen molar-refractivity contribution >= 4 is 15.9 Å². The van der Waals surface area contributed by atoms with Crippen LogP contribution in [0, 0.1) is 18.3 Å². The number of hydrogen-bond donors (Lipinski definition) is 0. The fraction of sp³-hybridized carbons (Fsp3) is 0.240. The largest absolute Gasteiger partial charge is 0.586 e. The van der Waals surface area contributed by atoms with Gasteiger partial charge in [-0.1, -0.05) is 32.0 Å². The lowest BCUT2D eigenvalue weighted by atomic mass is 10.1. The third-order valence-electron chi connectivity index (χ3n) is 5.72. The van der Waals surface area contributed by atoms with E-state index in [9.17, 15) is 35.6 Å². The summed E-state index contributed by atoms with van der Waals surface area (Å²) in [7, 11) is -4.69. The van der Waals surface area contributed by atoms with Crippen LogP contribution in [0.15, 0.2) is 58.3 Å². The van der Waals surface area contributed by atoms with Gasteiger partial charge < -0.3 is 14.0 Å². The second-order valence-electron chi connectivity index (χ2n) is 8.49. The van der Waals surface area contributed by atoms with Gasteiger partial charge in [-0.3, -0.25) is 0 Å². The molecule has 0 radical (unpaired) electrons. The molecule has 0 fully saturated rings. The number of sulfone groups is 1. The van der Waals surface area contributed by atoms with Crippen molar-refractivity contribution in [2.24, 2.45) is 0 Å². The van der Waals surface area contributed by atoms with E-state index in [0.717, 1.165) is 30.3 Å². The van der Waals surface area contributed by atoms with E-state index in [1.165, 1.54) is 35.8 Å². The zero-order valence-corrected chi connectivity index (χ0v) is 20.4. The number of nitriles is 1. The van der Waals surface area contributed by atoms with E-state index in [1.807, 2.05) is 0 Å². The van der Waals surface area contributed by atoms with Crippen molar-refractivity contribution in [2.45, 2.75) is 44.1 Å². The third-order valence-corrected chi connectivity index (χ3v) is 7.41. The van der Waals surface area contributed by atoms with E-state index in [-0.39, 0.29) is 22.9 Å². The Hall–Kier alpha value is -3.85. The van der Waals surface area contributed by atoms with E-state index in [2.05, 4.69) is 9.47 Å². The third kappa shape index (κ3) is 4.67. The van der Waals surface area contributed by atoms with Gasteiger partial charge in [0.1, 0.15) is 15.9 Å². The summed E-state index contributed by atoms with van der Waals surface area (Å²) in [4.78, 5) is -1.53. The fourth-order valence-corrected chi connectivity index (χ4v) is 5.32. The minimum Gasteiger partial charge on any atom is -0.395 e. The highest BCUT2D eigenvalue weighted by molar-refractivity contribution is 7.95. The number of para-hydroxylation sites is 2. The van der Waals surface area contributed by atoms with Crippen LogP contribution in [-0.2, 0) is 16.0 Å².